The molecule has 1 aromatic rings. The van der Waals surface area contributed by atoms with Gasteiger partial charge < -0.3 is 9.62 Å². The highest BCUT2D eigenvalue weighted by atomic mass is 17.1. The van der Waals surface area contributed by atoms with E-state index < -0.39 is 0 Å². The second-order valence-electron chi connectivity index (χ2n) is 2.70. The molecule has 0 spiro atoms. The van der Waals surface area contributed by atoms with Crippen molar-refractivity contribution in [3.8, 4) is 0 Å². The minimum absolute atomic E-state index is 0.0694. The molecule has 5 nitrogen and oxygen atoms in total. The molecule has 0 aliphatic rings. The summed E-state index contributed by atoms with van der Waals surface area (Å²) in [7, 11) is 0. The number of carbonyl (C=O) groups is 2. The number of carbonyl (C=O) groups excluding carboxylic acids is 2. The van der Waals surface area contributed by atoms with Gasteiger partial charge in [-0.15, -0.1) is 0 Å². The van der Waals surface area contributed by atoms with Gasteiger partial charge in [0.15, 0.2) is 0 Å². The van der Waals surface area contributed by atoms with Crippen molar-refractivity contribution in [3.05, 3.63) is 35.9 Å². The zero-order valence-electron chi connectivity index (χ0n) is 8.96. The molecule has 0 aliphatic heterocycles. The molecule has 1 aromatic carbocycles. The maximum atomic E-state index is 11.2. The van der Waals surface area contributed by atoms with Gasteiger partial charge in [-0.05, 0) is 18.6 Å². The van der Waals surface area contributed by atoms with Gasteiger partial charge in [-0.2, -0.15) is 0 Å². The quantitative estimate of drug-likeness (QED) is 0.367. The van der Waals surface area contributed by atoms with Crippen LogP contribution in [0.3, 0.4) is 0 Å². The van der Waals surface area contributed by atoms with Crippen LogP contribution in [-0.2, 0) is 14.4 Å². The second-order valence-corrected chi connectivity index (χ2v) is 2.70. The van der Waals surface area contributed by atoms with Crippen LogP contribution in [0.1, 0.15) is 23.7 Å². The molecule has 5 heteroatoms. The van der Waals surface area contributed by atoms with Gasteiger partial charge in [0.05, 0.1) is 12.2 Å². The minimum atomic E-state index is -0.238. The molecular weight excluding hydrogens is 212 g/mol. The van der Waals surface area contributed by atoms with Crippen LogP contribution in [0.5, 0.6) is 0 Å². The van der Waals surface area contributed by atoms with Gasteiger partial charge in [-0.1, -0.05) is 25.1 Å². The van der Waals surface area contributed by atoms with E-state index in [1.807, 2.05) is 25.1 Å². The van der Waals surface area contributed by atoms with Gasteiger partial charge in [0.25, 0.3) is 0 Å². The molecule has 0 radical (unpaired) electrons. The van der Waals surface area contributed by atoms with Gasteiger partial charge in [0.2, 0.25) is 0 Å². The van der Waals surface area contributed by atoms with Gasteiger partial charge in [0, 0.05) is 0 Å². The van der Waals surface area contributed by atoms with Crippen molar-refractivity contribution < 1.29 is 24.5 Å². The largest absolute Gasteiger partial charge is 0.462 e. The smallest absolute Gasteiger partial charge is 0.338 e. The predicted octanol–water partition coefficient (Wildman–Crippen LogP) is 1.89. The molecule has 0 bridgehead atoms. The SMILES string of the molecule is CCCOC(=O)c1ccccc1.O=COO. The van der Waals surface area contributed by atoms with E-state index in [1.165, 1.54) is 0 Å². The topological polar surface area (TPSA) is 72.8 Å². The first kappa shape index (κ1) is 14.1. The highest BCUT2D eigenvalue weighted by molar-refractivity contribution is 5.89. The molecule has 88 valence electrons. The molecule has 0 amide bonds. The van der Waals surface area contributed by atoms with Crippen molar-refractivity contribution in [2.24, 2.45) is 0 Å². The number of esters is 1. The summed E-state index contributed by atoms with van der Waals surface area (Å²) in [5.41, 5.74) is 0.617. The van der Waals surface area contributed by atoms with Gasteiger partial charge >= 0.3 is 12.4 Å². The zero-order valence-corrected chi connectivity index (χ0v) is 8.96. The van der Waals surface area contributed by atoms with Crippen LogP contribution < -0.4 is 0 Å². The fourth-order valence-corrected chi connectivity index (χ4v) is 0.852. The summed E-state index contributed by atoms with van der Waals surface area (Å²) in [6, 6.07) is 9.01. The lowest BCUT2D eigenvalue weighted by Crippen LogP contribution is -2.05. The third kappa shape index (κ3) is 6.56. The third-order valence-corrected chi connectivity index (χ3v) is 1.49. The Kier molecular flexibility index (Phi) is 8.53. The Bertz CT molecular complexity index is 297. The number of rotatable bonds is 4. The Morgan fingerprint density at radius 1 is 1.38 bits per heavy atom. The minimum Gasteiger partial charge on any atom is -0.462 e. The fraction of sp³-hybridized carbons (Fsp3) is 0.273. The maximum Gasteiger partial charge on any atom is 0.338 e. The molecule has 0 aromatic heterocycles. The molecule has 0 saturated carbocycles. The van der Waals surface area contributed by atoms with Gasteiger partial charge in [0.1, 0.15) is 0 Å². The second kappa shape index (κ2) is 9.67. The lowest BCUT2D eigenvalue weighted by molar-refractivity contribution is -0.217. The van der Waals surface area contributed by atoms with Gasteiger partial charge in [-0.25, -0.2) is 10.1 Å². The Balaban J connectivity index is 0.000000487. The molecule has 16 heavy (non-hydrogen) atoms. The Morgan fingerprint density at radius 2 is 1.94 bits per heavy atom. The maximum absolute atomic E-state index is 11.2. The lowest BCUT2D eigenvalue weighted by atomic mass is 10.2. The van der Waals surface area contributed by atoms with Crippen LogP contribution in [0.25, 0.3) is 0 Å². The van der Waals surface area contributed by atoms with Crippen LogP contribution in [0.4, 0.5) is 0 Å². The number of hydrogen-bond donors (Lipinski definition) is 1. The van der Waals surface area contributed by atoms with Crippen molar-refractivity contribution in [3.63, 3.8) is 0 Å². The molecular formula is C11H14O5. The van der Waals surface area contributed by atoms with E-state index in [-0.39, 0.29) is 12.4 Å². The number of ether oxygens (including phenoxy) is 1. The van der Waals surface area contributed by atoms with E-state index in [2.05, 4.69) is 4.89 Å². The number of benzene rings is 1. The Hall–Kier alpha value is -1.88. The summed E-state index contributed by atoms with van der Waals surface area (Å²) in [6.45, 7) is 2.39. The predicted molar refractivity (Wildman–Crippen MR) is 56.8 cm³/mol. The van der Waals surface area contributed by atoms with Crippen LogP contribution in [0.2, 0.25) is 0 Å². The van der Waals surface area contributed by atoms with E-state index in [1.54, 1.807) is 12.1 Å². The van der Waals surface area contributed by atoms with Crippen LogP contribution >= 0.6 is 0 Å². The molecule has 0 atom stereocenters. The summed E-state index contributed by atoms with van der Waals surface area (Å²) in [5, 5.41) is 7.01. The molecule has 1 N–H and O–H groups in total. The zero-order chi connectivity index (χ0) is 12.2. The highest BCUT2D eigenvalue weighted by Gasteiger charge is 2.03. The molecule has 1 rings (SSSR count). The van der Waals surface area contributed by atoms with Crippen molar-refractivity contribution in [2.75, 3.05) is 6.61 Å². The first-order chi connectivity index (χ1) is 7.76. The summed E-state index contributed by atoms with van der Waals surface area (Å²) in [5.74, 6) is -0.238. The molecule has 0 heterocycles. The van der Waals surface area contributed by atoms with Crippen molar-refractivity contribution >= 4 is 12.4 Å². The summed E-state index contributed by atoms with van der Waals surface area (Å²) >= 11 is 0. The average molecular weight is 226 g/mol. The Labute approximate surface area is 93.5 Å². The van der Waals surface area contributed by atoms with Gasteiger partial charge in [-0.3, -0.25) is 4.79 Å². The fourth-order valence-electron chi connectivity index (χ4n) is 0.852. The number of hydrogen-bond acceptors (Lipinski definition) is 5. The first-order valence-electron chi connectivity index (χ1n) is 4.72. The molecule has 0 saturated heterocycles. The van der Waals surface area contributed by atoms with Crippen molar-refractivity contribution in [1.29, 1.82) is 0 Å². The van der Waals surface area contributed by atoms with Crippen LogP contribution in [0.15, 0.2) is 30.3 Å². The summed E-state index contributed by atoms with van der Waals surface area (Å²) in [6.07, 6.45) is 0.860. The van der Waals surface area contributed by atoms with Crippen molar-refractivity contribution in [2.45, 2.75) is 13.3 Å². The highest BCUT2D eigenvalue weighted by Crippen LogP contribution is 2.00. The van der Waals surface area contributed by atoms with E-state index in [0.717, 1.165) is 6.42 Å². The van der Waals surface area contributed by atoms with E-state index in [9.17, 15) is 4.79 Å². The molecule has 0 unspecified atom stereocenters. The standard InChI is InChI=1S/C10H12O2.CH2O3/c1-2-8-12-10(11)9-6-4-3-5-7-9;2-1-4-3/h3-7H,2,8H2,1H3;1,3H. The molecule has 0 aliphatic carbocycles. The average Bonchev–Trinajstić information content (AvgIpc) is 2.37. The monoisotopic (exact) mass is 226 g/mol. The van der Waals surface area contributed by atoms with Crippen LogP contribution in [-0.4, -0.2) is 24.3 Å². The van der Waals surface area contributed by atoms with Crippen LogP contribution in [0, 0.1) is 0 Å². The summed E-state index contributed by atoms with van der Waals surface area (Å²) in [4.78, 5) is 22.7. The lowest BCUT2D eigenvalue weighted by Gasteiger charge is -2.01. The van der Waals surface area contributed by atoms with E-state index in [0.29, 0.717) is 12.2 Å². The third-order valence-electron chi connectivity index (χ3n) is 1.49. The van der Waals surface area contributed by atoms with Crippen molar-refractivity contribution in [1.82, 2.24) is 0 Å². The normalized spacial score (nSPS) is 8.38. The van der Waals surface area contributed by atoms with E-state index in [4.69, 9.17) is 14.8 Å². The molecule has 0 fully saturated rings. The first-order valence-corrected chi connectivity index (χ1v) is 4.72. The van der Waals surface area contributed by atoms with E-state index >= 15 is 0 Å². The summed E-state index contributed by atoms with van der Waals surface area (Å²) < 4.78 is 4.94. The Morgan fingerprint density at radius 3 is 2.38 bits per heavy atom.